The van der Waals surface area contributed by atoms with Gasteiger partial charge in [-0.2, -0.15) is 0 Å². The van der Waals surface area contributed by atoms with Gasteiger partial charge in [0.05, 0.1) is 18.0 Å². The standard InChI is InChI=1S/C23H36BrNO2/c1-22-7-5-16(25-9-11-27-12-10-25)13-15(22)3-4-17-18(22)6-8-23(2)19(17)14-20(24)21(23)26/h15-20H,3-14H2,1-2H3/t15?,16-,17?,18?,19?,20?,22-,23-/m0/s1. The molecule has 0 radical (unpaired) electrons. The number of ether oxygens (including phenoxy) is 1. The van der Waals surface area contributed by atoms with Gasteiger partial charge in [-0.1, -0.05) is 29.8 Å². The highest BCUT2D eigenvalue weighted by molar-refractivity contribution is 9.10. The van der Waals surface area contributed by atoms with Gasteiger partial charge in [-0.15, -0.1) is 0 Å². The molecule has 0 spiro atoms. The Morgan fingerprint density at radius 3 is 2.56 bits per heavy atom. The van der Waals surface area contributed by atoms with Crippen LogP contribution < -0.4 is 0 Å². The summed E-state index contributed by atoms with van der Waals surface area (Å²) in [7, 11) is 0. The minimum Gasteiger partial charge on any atom is -0.379 e. The Morgan fingerprint density at radius 2 is 1.78 bits per heavy atom. The maximum Gasteiger partial charge on any atom is 0.152 e. The van der Waals surface area contributed by atoms with Gasteiger partial charge in [0.25, 0.3) is 0 Å². The van der Waals surface area contributed by atoms with Gasteiger partial charge in [0.1, 0.15) is 0 Å². The number of alkyl halides is 1. The zero-order valence-corrected chi connectivity index (χ0v) is 18.7. The van der Waals surface area contributed by atoms with Crippen molar-refractivity contribution in [3.8, 4) is 0 Å². The van der Waals surface area contributed by atoms with Crippen LogP contribution in [0.5, 0.6) is 0 Å². The van der Waals surface area contributed by atoms with Gasteiger partial charge in [-0.25, -0.2) is 0 Å². The molecule has 0 aromatic carbocycles. The fourth-order valence-electron chi connectivity index (χ4n) is 8.26. The van der Waals surface area contributed by atoms with Crippen molar-refractivity contribution in [1.29, 1.82) is 0 Å². The van der Waals surface area contributed by atoms with Crippen LogP contribution in [0.2, 0.25) is 0 Å². The zero-order chi connectivity index (χ0) is 18.8. The van der Waals surface area contributed by atoms with Gasteiger partial charge in [-0.05, 0) is 80.5 Å². The average Bonchev–Trinajstić information content (AvgIpc) is 2.92. The second-order valence-electron chi connectivity index (χ2n) is 10.8. The highest BCUT2D eigenvalue weighted by Gasteiger charge is 2.62. The predicted molar refractivity (Wildman–Crippen MR) is 111 cm³/mol. The normalized spacial score (nSPS) is 53.5. The molecule has 5 unspecified atom stereocenters. The van der Waals surface area contributed by atoms with Crippen molar-refractivity contribution in [3.63, 3.8) is 0 Å². The summed E-state index contributed by atoms with van der Waals surface area (Å²) < 4.78 is 5.58. The lowest BCUT2D eigenvalue weighted by Gasteiger charge is -2.61. The Morgan fingerprint density at radius 1 is 1.00 bits per heavy atom. The van der Waals surface area contributed by atoms with Crippen molar-refractivity contribution >= 4 is 21.7 Å². The second-order valence-corrected chi connectivity index (χ2v) is 11.9. The number of ketones is 1. The monoisotopic (exact) mass is 437 g/mol. The minimum atomic E-state index is -0.0382. The van der Waals surface area contributed by atoms with Crippen LogP contribution >= 0.6 is 15.9 Å². The van der Waals surface area contributed by atoms with Gasteiger partial charge in [0.15, 0.2) is 5.78 Å². The van der Waals surface area contributed by atoms with E-state index in [-0.39, 0.29) is 10.2 Å². The molecule has 1 saturated heterocycles. The number of hydrogen-bond donors (Lipinski definition) is 0. The van der Waals surface area contributed by atoms with Crippen molar-refractivity contribution in [1.82, 2.24) is 4.90 Å². The molecule has 3 nitrogen and oxygen atoms in total. The maximum absolute atomic E-state index is 12.9. The summed E-state index contributed by atoms with van der Waals surface area (Å²) in [5, 5.41) is 0. The molecular weight excluding hydrogens is 402 g/mol. The van der Waals surface area contributed by atoms with Crippen LogP contribution in [0.1, 0.15) is 65.2 Å². The Balaban J connectivity index is 1.34. The molecule has 0 bridgehead atoms. The smallest absolute Gasteiger partial charge is 0.152 e. The highest BCUT2D eigenvalue weighted by atomic mass is 79.9. The van der Waals surface area contributed by atoms with E-state index in [0.717, 1.165) is 62.9 Å². The topological polar surface area (TPSA) is 29.5 Å². The van der Waals surface area contributed by atoms with Crippen molar-refractivity contribution < 1.29 is 9.53 Å². The van der Waals surface area contributed by atoms with Gasteiger partial charge in [-0.3, -0.25) is 9.69 Å². The molecule has 5 aliphatic rings. The number of carbonyl (C=O) groups is 1. The van der Waals surface area contributed by atoms with Gasteiger partial charge in [0.2, 0.25) is 0 Å². The van der Waals surface area contributed by atoms with E-state index < -0.39 is 0 Å². The van der Waals surface area contributed by atoms with E-state index in [4.69, 9.17) is 4.74 Å². The lowest BCUT2D eigenvalue weighted by Crippen LogP contribution is -2.56. The third kappa shape index (κ3) is 2.83. The molecule has 0 amide bonds. The number of Topliss-reactive ketones (excluding diaryl/α,β-unsaturated/α-hetero) is 1. The van der Waals surface area contributed by atoms with E-state index in [0.29, 0.717) is 17.1 Å². The Kier molecular flexibility index (Phi) is 4.80. The van der Waals surface area contributed by atoms with E-state index in [1.54, 1.807) is 0 Å². The molecule has 5 fully saturated rings. The molecule has 27 heavy (non-hydrogen) atoms. The average molecular weight is 438 g/mol. The van der Waals surface area contributed by atoms with Crippen molar-refractivity contribution in [2.45, 2.75) is 76.1 Å². The number of rotatable bonds is 1. The predicted octanol–water partition coefficient (Wildman–Crippen LogP) is 4.67. The molecule has 4 saturated carbocycles. The molecule has 4 aliphatic carbocycles. The van der Waals surface area contributed by atoms with Crippen LogP contribution in [0.3, 0.4) is 0 Å². The first-order valence-electron chi connectivity index (χ1n) is 11.4. The molecular formula is C23H36BrNO2. The molecule has 0 N–H and O–H groups in total. The van der Waals surface area contributed by atoms with Crippen LogP contribution in [-0.2, 0) is 9.53 Å². The van der Waals surface area contributed by atoms with Gasteiger partial charge < -0.3 is 4.74 Å². The lowest BCUT2D eigenvalue weighted by atomic mass is 9.45. The first kappa shape index (κ1) is 19.1. The third-order valence-corrected chi connectivity index (χ3v) is 10.7. The Labute approximate surface area is 173 Å². The molecule has 8 atom stereocenters. The number of fused-ring (bicyclic) bond motifs is 5. The quantitative estimate of drug-likeness (QED) is 0.557. The summed E-state index contributed by atoms with van der Waals surface area (Å²) in [5.74, 6) is 3.67. The lowest BCUT2D eigenvalue weighted by molar-refractivity contribution is -0.141. The Hall–Kier alpha value is 0.0700. The molecule has 1 aliphatic heterocycles. The van der Waals surface area contributed by atoms with Crippen LogP contribution in [0.15, 0.2) is 0 Å². The van der Waals surface area contributed by atoms with Crippen LogP contribution in [0.4, 0.5) is 0 Å². The molecule has 1 heterocycles. The summed E-state index contributed by atoms with van der Waals surface area (Å²) in [4.78, 5) is 15.7. The summed E-state index contributed by atoms with van der Waals surface area (Å²) in [6.45, 7) is 9.04. The van der Waals surface area contributed by atoms with Crippen LogP contribution in [-0.4, -0.2) is 47.9 Å². The zero-order valence-electron chi connectivity index (χ0n) is 17.1. The molecule has 5 rings (SSSR count). The Bertz CT molecular complexity index is 605. The number of hydrogen-bond acceptors (Lipinski definition) is 3. The third-order valence-electron chi connectivity index (χ3n) is 9.90. The van der Waals surface area contributed by atoms with E-state index >= 15 is 0 Å². The van der Waals surface area contributed by atoms with E-state index in [9.17, 15) is 4.79 Å². The summed E-state index contributed by atoms with van der Waals surface area (Å²) >= 11 is 3.71. The SMILES string of the molecule is C[C@]12CC[C@H](N3CCOCC3)CC1CCC1C2CC[C@]2(C)C(=O)C(Br)CC12. The van der Waals surface area contributed by atoms with Crippen molar-refractivity contribution in [2.24, 2.45) is 34.5 Å². The molecule has 0 aromatic heterocycles. The molecule has 152 valence electrons. The van der Waals surface area contributed by atoms with E-state index in [2.05, 4.69) is 34.7 Å². The number of halogens is 1. The first-order chi connectivity index (χ1) is 12.9. The summed E-state index contributed by atoms with van der Waals surface area (Å²) in [6.07, 6.45) is 10.5. The number of carbonyl (C=O) groups excluding carboxylic acids is 1. The summed E-state index contributed by atoms with van der Waals surface area (Å²) in [5.41, 5.74) is 0.476. The van der Waals surface area contributed by atoms with Crippen LogP contribution in [0.25, 0.3) is 0 Å². The van der Waals surface area contributed by atoms with E-state index in [1.807, 2.05) is 0 Å². The highest BCUT2D eigenvalue weighted by Crippen LogP contribution is 2.66. The minimum absolute atomic E-state index is 0.0382. The van der Waals surface area contributed by atoms with Gasteiger partial charge in [0, 0.05) is 24.5 Å². The summed E-state index contributed by atoms with van der Waals surface area (Å²) in [6, 6.07) is 0.789. The van der Waals surface area contributed by atoms with Crippen LogP contribution in [0, 0.1) is 34.5 Å². The van der Waals surface area contributed by atoms with Crippen molar-refractivity contribution in [2.75, 3.05) is 26.3 Å². The van der Waals surface area contributed by atoms with Gasteiger partial charge >= 0.3 is 0 Å². The fraction of sp³-hybridized carbons (Fsp3) is 0.957. The van der Waals surface area contributed by atoms with Crippen molar-refractivity contribution in [3.05, 3.63) is 0 Å². The van der Waals surface area contributed by atoms with E-state index in [1.165, 1.54) is 38.5 Å². The molecule has 4 heteroatoms. The maximum atomic E-state index is 12.9. The second kappa shape index (κ2) is 6.80. The first-order valence-corrected chi connectivity index (χ1v) is 12.4. The number of morpholine rings is 1. The molecule has 0 aromatic rings. The fourth-order valence-corrected chi connectivity index (χ4v) is 9.18. The number of nitrogens with zero attached hydrogens (tertiary/aromatic N) is 1. The largest absolute Gasteiger partial charge is 0.379 e.